The zero-order valence-electron chi connectivity index (χ0n) is 11.3. The molecule has 0 saturated carbocycles. The van der Waals surface area contributed by atoms with Crippen LogP contribution in [-0.4, -0.2) is 49.5 Å². The van der Waals surface area contributed by atoms with Gasteiger partial charge in [-0.3, -0.25) is 0 Å². The van der Waals surface area contributed by atoms with Crippen LogP contribution >= 0.6 is 11.6 Å². The molecule has 0 aliphatic carbocycles. The van der Waals surface area contributed by atoms with Crippen molar-refractivity contribution in [2.24, 2.45) is 0 Å². The van der Waals surface area contributed by atoms with E-state index in [9.17, 15) is 5.11 Å². The Morgan fingerprint density at radius 3 is 3.05 bits per heavy atom. The van der Waals surface area contributed by atoms with Gasteiger partial charge in [-0.05, 0) is 32.2 Å². The minimum Gasteiger partial charge on any atom is -0.490 e. The summed E-state index contributed by atoms with van der Waals surface area (Å²) in [5, 5.41) is 10.3. The summed E-state index contributed by atoms with van der Waals surface area (Å²) < 4.78 is 11.4. The number of likely N-dealkylation sites (N-methyl/N-ethyl adjacent to an activating group) is 1. The Balaban J connectivity index is 1.99. The Bertz CT molecular complexity index is 425. The molecule has 1 aromatic rings. The smallest absolute Gasteiger partial charge is 0.125 e. The van der Waals surface area contributed by atoms with Crippen LogP contribution in [0.25, 0.3) is 0 Å². The van der Waals surface area contributed by atoms with E-state index < -0.39 is 6.10 Å². The maximum absolute atomic E-state index is 9.73. The summed E-state index contributed by atoms with van der Waals surface area (Å²) in [5.74, 6) is 0.663. The maximum Gasteiger partial charge on any atom is 0.125 e. The van der Waals surface area contributed by atoms with E-state index >= 15 is 0 Å². The largest absolute Gasteiger partial charge is 0.490 e. The Morgan fingerprint density at radius 1 is 1.58 bits per heavy atom. The minimum absolute atomic E-state index is 0.0660. The molecular formula is C14H20ClNO3. The van der Waals surface area contributed by atoms with Crippen molar-refractivity contribution in [3.05, 3.63) is 28.8 Å². The molecular weight excluding hydrogens is 266 g/mol. The second kappa shape index (κ2) is 6.57. The Kier molecular flexibility index (Phi) is 5.05. The van der Waals surface area contributed by atoms with E-state index in [1.807, 2.05) is 0 Å². The van der Waals surface area contributed by atoms with Crippen molar-refractivity contribution in [2.45, 2.75) is 19.1 Å². The highest BCUT2D eigenvalue weighted by Crippen LogP contribution is 2.28. The van der Waals surface area contributed by atoms with Crippen LogP contribution in [0.15, 0.2) is 18.2 Å². The molecule has 19 heavy (non-hydrogen) atoms. The van der Waals surface area contributed by atoms with Crippen molar-refractivity contribution in [3.63, 3.8) is 0 Å². The predicted molar refractivity (Wildman–Crippen MR) is 74.8 cm³/mol. The van der Waals surface area contributed by atoms with Crippen molar-refractivity contribution in [3.8, 4) is 5.75 Å². The van der Waals surface area contributed by atoms with Crippen LogP contribution in [0.2, 0.25) is 5.02 Å². The molecule has 0 spiro atoms. The number of aliphatic hydroxyl groups excluding tert-OH is 1. The minimum atomic E-state index is -0.608. The summed E-state index contributed by atoms with van der Waals surface area (Å²) in [6, 6.07) is 5.28. The number of ether oxygens (including phenoxy) is 2. The van der Waals surface area contributed by atoms with E-state index in [2.05, 4.69) is 11.9 Å². The average Bonchev–Trinajstić information content (AvgIpc) is 2.37. The molecule has 0 radical (unpaired) electrons. The number of morpholine rings is 1. The number of benzene rings is 1. The average molecular weight is 286 g/mol. The first-order valence-electron chi connectivity index (χ1n) is 6.46. The standard InChI is InChI=1S/C14H20ClNO3/c1-10(17)13-7-11(15)3-4-14(13)19-9-12-8-16(2)5-6-18-12/h3-4,7,10,12,17H,5-6,8-9H2,1-2H3/t10-,12?/m0/s1. The lowest BCUT2D eigenvalue weighted by molar-refractivity contribution is -0.0407. The van der Waals surface area contributed by atoms with Crippen LogP contribution in [0, 0.1) is 0 Å². The summed E-state index contributed by atoms with van der Waals surface area (Å²) in [5.41, 5.74) is 0.705. The number of nitrogens with zero attached hydrogens (tertiary/aromatic N) is 1. The highest BCUT2D eigenvalue weighted by molar-refractivity contribution is 6.30. The third-order valence-electron chi connectivity index (χ3n) is 3.19. The molecule has 1 aromatic carbocycles. The van der Waals surface area contributed by atoms with Crippen LogP contribution in [0.3, 0.4) is 0 Å². The quantitative estimate of drug-likeness (QED) is 0.920. The van der Waals surface area contributed by atoms with E-state index in [1.54, 1.807) is 25.1 Å². The highest BCUT2D eigenvalue weighted by atomic mass is 35.5. The van der Waals surface area contributed by atoms with Gasteiger partial charge in [0.1, 0.15) is 18.5 Å². The molecule has 5 heteroatoms. The van der Waals surface area contributed by atoms with Crippen molar-refractivity contribution in [1.29, 1.82) is 0 Å². The van der Waals surface area contributed by atoms with Gasteiger partial charge in [0.15, 0.2) is 0 Å². The number of hydrogen-bond donors (Lipinski definition) is 1. The summed E-state index contributed by atoms with van der Waals surface area (Å²) in [4.78, 5) is 2.22. The molecule has 1 aliphatic heterocycles. The Hall–Kier alpha value is -0.810. The van der Waals surface area contributed by atoms with Crippen molar-refractivity contribution in [2.75, 3.05) is 33.4 Å². The maximum atomic E-state index is 9.73. The zero-order valence-corrected chi connectivity index (χ0v) is 12.1. The topological polar surface area (TPSA) is 41.9 Å². The molecule has 2 atom stereocenters. The van der Waals surface area contributed by atoms with Gasteiger partial charge in [-0.1, -0.05) is 11.6 Å². The summed E-state index contributed by atoms with van der Waals surface area (Å²) in [7, 11) is 2.07. The summed E-state index contributed by atoms with van der Waals surface area (Å²) >= 11 is 5.93. The van der Waals surface area contributed by atoms with E-state index in [1.165, 1.54) is 0 Å². The van der Waals surface area contributed by atoms with Gasteiger partial charge in [-0.25, -0.2) is 0 Å². The fourth-order valence-corrected chi connectivity index (χ4v) is 2.31. The Morgan fingerprint density at radius 2 is 2.37 bits per heavy atom. The van der Waals surface area contributed by atoms with Crippen molar-refractivity contribution >= 4 is 11.6 Å². The van der Waals surface area contributed by atoms with Gasteiger partial charge in [0.05, 0.1) is 12.7 Å². The molecule has 1 fully saturated rings. The molecule has 1 unspecified atom stereocenters. The van der Waals surface area contributed by atoms with Crippen LogP contribution in [0.5, 0.6) is 5.75 Å². The molecule has 0 bridgehead atoms. The van der Waals surface area contributed by atoms with Gasteiger partial charge in [-0.2, -0.15) is 0 Å². The second-order valence-corrected chi connectivity index (χ2v) is 5.36. The monoisotopic (exact) mass is 285 g/mol. The molecule has 1 saturated heterocycles. The highest BCUT2D eigenvalue weighted by Gasteiger charge is 2.19. The molecule has 2 rings (SSSR count). The van der Waals surface area contributed by atoms with E-state index in [0.717, 1.165) is 19.7 Å². The second-order valence-electron chi connectivity index (χ2n) is 4.92. The molecule has 0 aromatic heterocycles. The molecule has 0 amide bonds. The number of aliphatic hydroxyl groups is 1. The fourth-order valence-electron chi connectivity index (χ4n) is 2.13. The van der Waals surface area contributed by atoms with Crippen molar-refractivity contribution < 1.29 is 14.6 Å². The van der Waals surface area contributed by atoms with Gasteiger partial charge in [0.2, 0.25) is 0 Å². The fraction of sp³-hybridized carbons (Fsp3) is 0.571. The summed E-state index contributed by atoms with van der Waals surface area (Å²) in [6.45, 7) is 4.72. The molecule has 1 N–H and O–H groups in total. The van der Waals surface area contributed by atoms with Gasteiger partial charge >= 0.3 is 0 Å². The van der Waals surface area contributed by atoms with Crippen molar-refractivity contribution in [1.82, 2.24) is 4.90 Å². The number of rotatable bonds is 4. The number of hydrogen-bond acceptors (Lipinski definition) is 4. The lowest BCUT2D eigenvalue weighted by Gasteiger charge is -2.30. The first-order valence-corrected chi connectivity index (χ1v) is 6.84. The van der Waals surface area contributed by atoms with E-state index in [0.29, 0.717) is 22.9 Å². The molecule has 1 heterocycles. The molecule has 4 nitrogen and oxygen atoms in total. The first-order chi connectivity index (χ1) is 9.06. The lowest BCUT2D eigenvalue weighted by atomic mass is 10.1. The first kappa shape index (κ1) is 14.6. The summed E-state index contributed by atoms with van der Waals surface area (Å²) in [6.07, 6.45) is -0.542. The van der Waals surface area contributed by atoms with Crippen LogP contribution in [0.4, 0.5) is 0 Å². The van der Waals surface area contributed by atoms with Crippen LogP contribution in [0.1, 0.15) is 18.6 Å². The molecule has 1 aliphatic rings. The van der Waals surface area contributed by atoms with Crippen LogP contribution in [-0.2, 0) is 4.74 Å². The van der Waals surface area contributed by atoms with Crippen LogP contribution < -0.4 is 4.74 Å². The Labute approximate surface area is 118 Å². The van der Waals surface area contributed by atoms with Gasteiger partial charge in [-0.15, -0.1) is 0 Å². The zero-order chi connectivity index (χ0) is 13.8. The third kappa shape index (κ3) is 4.08. The SMILES string of the molecule is C[C@H](O)c1cc(Cl)ccc1OCC1CN(C)CCO1. The number of halogens is 1. The lowest BCUT2D eigenvalue weighted by Crippen LogP contribution is -2.42. The normalized spacial score (nSPS) is 22.2. The predicted octanol–water partition coefficient (Wildman–Crippen LogP) is 2.10. The van der Waals surface area contributed by atoms with Gasteiger partial charge < -0.3 is 19.5 Å². The van der Waals surface area contributed by atoms with Gasteiger partial charge in [0, 0.05) is 23.7 Å². The van der Waals surface area contributed by atoms with E-state index in [4.69, 9.17) is 21.1 Å². The molecule has 106 valence electrons. The van der Waals surface area contributed by atoms with E-state index in [-0.39, 0.29) is 6.10 Å². The van der Waals surface area contributed by atoms with Gasteiger partial charge in [0.25, 0.3) is 0 Å². The third-order valence-corrected chi connectivity index (χ3v) is 3.42.